The topological polar surface area (TPSA) is 116 Å². The minimum Gasteiger partial charge on any atom is -0.326 e. The van der Waals surface area contributed by atoms with Gasteiger partial charge in [-0.1, -0.05) is 24.3 Å². The molecule has 5 heterocycles. The number of imidazole rings is 1. The van der Waals surface area contributed by atoms with Crippen molar-refractivity contribution in [2.45, 2.75) is 43.7 Å². The Morgan fingerprint density at radius 1 is 1.05 bits per heavy atom. The van der Waals surface area contributed by atoms with Crippen LogP contribution < -0.4 is 11.0 Å². The summed E-state index contributed by atoms with van der Waals surface area (Å²) < 4.78 is 30.6. The van der Waals surface area contributed by atoms with Crippen molar-refractivity contribution in [3.63, 3.8) is 0 Å². The third-order valence-corrected chi connectivity index (χ3v) is 8.25. The van der Waals surface area contributed by atoms with Gasteiger partial charge in [0.2, 0.25) is 5.91 Å². The van der Waals surface area contributed by atoms with Crippen LogP contribution in [0, 0.1) is 11.6 Å². The fourth-order valence-corrected chi connectivity index (χ4v) is 6.06. The zero-order valence-electron chi connectivity index (χ0n) is 22.9. The van der Waals surface area contributed by atoms with E-state index in [0.29, 0.717) is 50.2 Å². The Bertz CT molecular complexity index is 1650. The first-order valence-corrected chi connectivity index (χ1v) is 14.1. The number of rotatable bonds is 4. The number of allylic oxidation sites excluding steroid dienone is 3. The quantitative estimate of drug-likeness (QED) is 0.494. The van der Waals surface area contributed by atoms with Crippen molar-refractivity contribution < 1.29 is 18.4 Å². The minimum atomic E-state index is -0.938. The number of piperidine rings is 1. The normalized spacial score (nSPS) is 21.8. The molecule has 0 saturated carbocycles. The average Bonchev–Trinajstić information content (AvgIpc) is 3.13. The zero-order valence-corrected chi connectivity index (χ0v) is 22.9. The molecule has 3 aliphatic rings. The van der Waals surface area contributed by atoms with Crippen molar-refractivity contribution in [3.05, 3.63) is 88.1 Å². The molecule has 0 aliphatic carbocycles. The molecule has 3 aromatic rings. The highest BCUT2D eigenvalue weighted by atomic mass is 19.2. The maximum absolute atomic E-state index is 14.8. The number of aromatic nitrogens is 3. The summed E-state index contributed by atoms with van der Waals surface area (Å²) in [5.74, 6) is -2.67. The van der Waals surface area contributed by atoms with Crippen LogP contribution in [0.5, 0.6) is 0 Å². The monoisotopic (exact) mass is 575 g/mol. The summed E-state index contributed by atoms with van der Waals surface area (Å²) in [6.45, 7) is 1.39. The van der Waals surface area contributed by atoms with Crippen LogP contribution in [0.1, 0.15) is 43.2 Å². The Hall–Kier alpha value is -4.61. The highest BCUT2D eigenvalue weighted by molar-refractivity contribution is 5.93. The van der Waals surface area contributed by atoms with Gasteiger partial charge in [-0.2, -0.15) is 0 Å². The van der Waals surface area contributed by atoms with Crippen molar-refractivity contribution in [3.8, 4) is 0 Å². The number of carbonyl (C=O) groups excluding carboxylic acids is 2. The van der Waals surface area contributed by atoms with Crippen LogP contribution in [0.4, 0.5) is 13.6 Å². The molecule has 218 valence electrons. The Morgan fingerprint density at radius 2 is 1.88 bits per heavy atom. The van der Waals surface area contributed by atoms with E-state index in [4.69, 9.17) is 0 Å². The van der Waals surface area contributed by atoms with E-state index in [1.807, 2.05) is 12.1 Å². The summed E-state index contributed by atoms with van der Waals surface area (Å²) in [6, 6.07) is 6.37. The molecule has 3 aliphatic heterocycles. The third-order valence-electron chi connectivity index (χ3n) is 8.25. The van der Waals surface area contributed by atoms with Crippen LogP contribution in [0.2, 0.25) is 0 Å². The smallest absolute Gasteiger partial charge is 0.326 e. The summed E-state index contributed by atoms with van der Waals surface area (Å²) in [7, 11) is 0. The van der Waals surface area contributed by atoms with E-state index < -0.39 is 23.6 Å². The summed E-state index contributed by atoms with van der Waals surface area (Å²) >= 11 is 0. The number of aliphatic imine (C=N–C) groups is 1. The van der Waals surface area contributed by atoms with Gasteiger partial charge in [-0.05, 0) is 55.5 Å². The van der Waals surface area contributed by atoms with Crippen molar-refractivity contribution in [2.75, 3.05) is 26.2 Å². The maximum atomic E-state index is 14.8. The predicted octanol–water partition coefficient (Wildman–Crippen LogP) is 3.65. The molecule has 2 fully saturated rings. The largest absolute Gasteiger partial charge is 0.327 e. The number of pyridine rings is 1. The average molecular weight is 576 g/mol. The highest BCUT2D eigenvalue weighted by Crippen LogP contribution is 2.32. The summed E-state index contributed by atoms with van der Waals surface area (Å²) in [5, 5.41) is 2.91. The molecule has 0 spiro atoms. The molecule has 2 saturated heterocycles. The van der Waals surface area contributed by atoms with Gasteiger partial charge >= 0.3 is 11.7 Å². The molecule has 2 N–H and O–H groups in total. The molecule has 10 nitrogen and oxygen atoms in total. The lowest BCUT2D eigenvalue weighted by molar-refractivity contribution is -0.130. The van der Waals surface area contributed by atoms with Crippen molar-refractivity contribution in [1.29, 1.82) is 0 Å². The Labute approximate surface area is 240 Å². The molecule has 0 radical (unpaired) electrons. The van der Waals surface area contributed by atoms with Crippen molar-refractivity contribution in [1.82, 2.24) is 29.7 Å². The van der Waals surface area contributed by atoms with Gasteiger partial charge in [0.15, 0.2) is 17.3 Å². The van der Waals surface area contributed by atoms with E-state index >= 15 is 0 Å². The second kappa shape index (κ2) is 11.7. The number of likely N-dealkylation sites (tertiary alicyclic amines) is 2. The Kier molecular flexibility index (Phi) is 7.68. The first-order chi connectivity index (χ1) is 20.4. The van der Waals surface area contributed by atoms with E-state index in [1.54, 1.807) is 46.2 Å². The Balaban J connectivity index is 1.18. The predicted molar refractivity (Wildman–Crippen MR) is 153 cm³/mol. The van der Waals surface area contributed by atoms with Gasteiger partial charge in [-0.3, -0.25) is 19.3 Å². The lowest BCUT2D eigenvalue weighted by Gasteiger charge is -2.34. The van der Waals surface area contributed by atoms with Crippen molar-refractivity contribution in [2.24, 2.45) is 4.99 Å². The standard InChI is InChI=1S/C30H31F2N7O3/c31-23-7-3-6-22(26(23)32)19-9-10-24(28(40)38(18-19)21-5-1-2-13-33-17-21)35-29(41)37-15-11-20(12-16-37)39-25-8-4-14-34-27(25)36-30(39)42/h1-8,14,17,19-20,24H,9-13,15-16,18H2,(H,35,41)(H,34,36,42). The van der Waals surface area contributed by atoms with E-state index in [0.717, 1.165) is 11.6 Å². The molecule has 1 aromatic carbocycles. The molecule has 2 atom stereocenters. The number of carbonyl (C=O) groups is 2. The van der Waals surface area contributed by atoms with Gasteiger partial charge in [0.1, 0.15) is 6.04 Å². The number of nitrogens with zero attached hydrogens (tertiary/aromatic N) is 5. The molecule has 6 rings (SSSR count). The molecule has 0 bridgehead atoms. The van der Waals surface area contributed by atoms with Gasteiger partial charge in [-0.15, -0.1) is 0 Å². The molecule has 42 heavy (non-hydrogen) atoms. The van der Waals surface area contributed by atoms with Gasteiger partial charge < -0.3 is 15.1 Å². The van der Waals surface area contributed by atoms with E-state index in [2.05, 4.69) is 20.3 Å². The maximum Gasteiger partial charge on any atom is 0.327 e. The molecular formula is C30H31F2N7O3. The lowest BCUT2D eigenvalue weighted by Crippen LogP contribution is -2.53. The number of H-pyrrole nitrogens is 1. The molecular weight excluding hydrogens is 544 g/mol. The van der Waals surface area contributed by atoms with E-state index in [1.165, 1.54) is 11.0 Å². The second-order valence-corrected chi connectivity index (χ2v) is 10.8. The third kappa shape index (κ3) is 5.36. The van der Waals surface area contributed by atoms with Crippen LogP contribution in [0.15, 0.2) is 70.2 Å². The molecule has 12 heteroatoms. The van der Waals surface area contributed by atoms with Crippen LogP contribution in [-0.4, -0.2) is 74.7 Å². The summed E-state index contributed by atoms with van der Waals surface area (Å²) in [5.41, 5.74) is 1.75. The van der Waals surface area contributed by atoms with Crippen LogP contribution in [0.3, 0.4) is 0 Å². The number of benzene rings is 1. The van der Waals surface area contributed by atoms with Crippen LogP contribution >= 0.6 is 0 Å². The van der Waals surface area contributed by atoms with Gasteiger partial charge in [0.25, 0.3) is 0 Å². The van der Waals surface area contributed by atoms with Crippen LogP contribution in [0.25, 0.3) is 11.2 Å². The number of hydrogen-bond donors (Lipinski definition) is 2. The number of aromatic amines is 1. The number of amides is 3. The first-order valence-electron chi connectivity index (χ1n) is 14.1. The minimum absolute atomic E-state index is 0.0917. The van der Waals surface area contributed by atoms with Gasteiger partial charge in [-0.25, -0.2) is 23.4 Å². The fourth-order valence-electron chi connectivity index (χ4n) is 6.06. The van der Waals surface area contributed by atoms with E-state index in [-0.39, 0.29) is 42.2 Å². The number of urea groups is 1. The summed E-state index contributed by atoms with van der Waals surface area (Å²) in [4.78, 5) is 54.3. The van der Waals surface area contributed by atoms with Crippen molar-refractivity contribution >= 4 is 29.3 Å². The number of halogens is 2. The summed E-state index contributed by atoms with van der Waals surface area (Å²) in [6.07, 6.45) is 10.4. The zero-order chi connectivity index (χ0) is 29.2. The number of nitrogens with one attached hydrogen (secondary N) is 2. The van der Waals surface area contributed by atoms with Gasteiger partial charge in [0.05, 0.1) is 17.8 Å². The SMILES string of the molecule is O=C(NC1CCC(c2cccc(F)c2F)CN(C2=CC=CCN=C2)C1=O)N1CCC(n2c(=O)[nH]c3ncccc32)CC1. The van der Waals surface area contributed by atoms with Gasteiger partial charge in [0, 0.05) is 44.0 Å². The van der Waals surface area contributed by atoms with Crippen LogP contribution in [-0.2, 0) is 4.79 Å². The molecule has 3 amide bonds. The number of fused-ring (bicyclic) bond motifs is 1. The van der Waals surface area contributed by atoms with E-state index in [9.17, 15) is 23.2 Å². The number of hydrogen-bond acceptors (Lipinski definition) is 5. The highest BCUT2D eigenvalue weighted by Gasteiger charge is 2.36. The molecule has 2 unspecified atom stereocenters. The molecule has 2 aromatic heterocycles. The fraction of sp³-hybridized carbons (Fsp3) is 0.367. The lowest BCUT2D eigenvalue weighted by atomic mass is 9.93. The second-order valence-electron chi connectivity index (χ2n) is 10.8. The Morgan fingerprint density at radius 3 is 2.71 bits per heavy atom. The first kappa shape index (κ1) is 27.6.